The van der Waals surface area contributed by atoms with Gasteiger partial charge in [-0.1, -0.05) is 6.07 Å². The van der Waals surface area contributed by atoms with E-state index in [1.807, 2.05) is 0 Å². The third kappa shape index (κ3) is 4.05. The molecule has 2 aromatic rings. The molecule has 2 rings (SSSR count). The van der Waals surface area contributed by atoms with Gasteiger partial charge in [0.1, 0.15) is 17.6 Å². The van der Waals surface area contributed by atoms with Crippen molar-refractivity contribution < 1.29 is 24.1 Å². The van der Waals surface area contributed by atoms with Crippen molar-refractivity contribution in [2.45, 2.75) is 0 Å². The number of hydrogen-bond donors (Lipinski definition) is 2. The summed E-state index contributed by atoms with van der Waals surface area (Å²) in [6.45, 7) is 0. The molecule has 0 radical (unpaired) electrons. The van der Waals surface area contributed by atoms with Crippen molar-refractivity contribution in [1.82, 2.24) is 0 Å². The number of nitriles is 1. The fraction of sp³-hybridized carbons (Fsp3) is 0.158. The van der Waals surface area contributed by atoms with Gasteiger partial charge in [0.15, 0.2) is 17.1 Å². The summed E-state index contributed by atoms with van der Waals surface area (Å²) in [7, 11) is 4.43. The number of carbonyl (C=O) groups excluding carboxylic acids is 1. The molecule has 7 nitrogen and oxygen atoms in total. The lowest BCUT2D eigenvalue weighted by molar-refractivity contribution is -0.112. The quantitative estimate of drug-likeness (QED) is 0.469. The molecule has 0 aromatic heterocycles. The fourth-order valence-electron chi connectivity index (χ4n) is 2.23. The molecule has 1 amide bonds. The molecule has 0 bridgehead atoms. The van der Waals surface area contributed by atoms with Crippen LogP contribution in [-0.4, -0.2) is 32.3 Å². The summed E-state index contributed by atoms with van der Waals surface area (Å²) in [6, 6.07) is 12.9. The summed E-state index contributed by atoms with van der Waals surface area (Å²) in [4.78, 5) is 12.4. The predicted molar refractivity (Wildman–Crippen MR) is 96.3 cm³/mol. The van der Waals surface area contributed by atoms with Crippen molar-refractivity contribution in [2.24, 2.45) is 0 Å². The number of rotatable bonds is 6. The zero-order valence-electron chi connectivity index (χ0n) is 14.6. The minimum absolute atomic E-state index is 0.250. The molecule has 0 saturated carbocycles. The lowest BCUT2D eigenvalue weighted by atomic mass is 10.1. The first-order valence-electron chi connectivity index (χ1n) is 7.55. The van der Waals surface area contributed by atoms with Crippen LogP contribution in [-0.2, 0) is 4.79 Å². The molecule has 2 aromatic carbocycles. The molecule has 2 N–H and O–H groups in total. The Labute approximate surface area is 151 Å². The van der Waals surface area contributed by atoms with Crippen molar-refractivity contribution in [3.05, 3.63) is 53.6 Å². The summed E-state index contributed by atoms with van der Waals surface area (Å²) in [5, 5.41) is 22.3. The number of aliphatic hydroxyl groups is 1. The van der Waals surface area contributed by atoms with Crippen LogP contribution in [0.2, 0.25) is 0 Å². The summed E-state index contributed by atoms with van der Waals surface area (Å²) in [6.07, 6.45) is 0. The van der Waals surface area contributed by atoms with Gasteiger partial charge in [-0.25, -0.2) is 0 Å². The van der Waals surface area contributed by atoms with Crippen LogP contribution in [0.15, 0.2) is 48.0 Å². The van der Waals surface area contributed by atoms with E-state index in [2.05, 4.69) is 5.32 Å². The fourth-order valence-corrected chi connectivity index (χ4v) is 2.23. The van der Waals surface area contributed by atoms with Gasteiger partial charge in [-0.05, 0) is 30.3 Å². The van der Waals surface area contributed by atoms with Crippen molar-refractivity contribution in [3.63, 3.8) is 0 Å². The highest BCUT2D eigenvalue weighted by molar-refractivity contribution is 6.11. The monoisotopic (exact) mass is 354 g/mol. The smallest absolute Gasteiger partial charge is 0.270 e. The normalized spacial score (nSPS) is 11.0. The minimum atomic E-state index is -0.743. The Morgan fingerprint density at radius 1 is 1.04 bits per heavy atom. The van der Waals surface area contributed by atoms with Gasteiger partial charge in [0.05, 0.1) is 21.3 Å². The zero-order valence-corrected chi connectivity index (χ0v) is 14.6. The Balaban J connectivity index is 2.35. The maximum absolute atomic E-state index is 12.4. The Morgan fingerprint density at radius 3 is 2.38 bits per heavy atom. The number of methoxy groups -OCH3 is 3. The molecule has 0 aliphatic rings. The molecular weight excluding hydrogens is 336 g/mol. The van der Waals surface area contributed by atoms with E-state index in [1.54, 1.807) is 36.4 Å². The van der Waals surface area contributed by atoms with E-state index in [0.29, 0.717) is 22.9 Å². The van der Waals surface area contributed by atoms with E-state index in [0.717, 1.165) is 0 Å². The molecule has 0 aliphatic carbocycles. The summed E-state index contributed by atoms with van der Waals surface area (Å²) in [5.41, 5.74) is 0.252. The maximum atomic E-state index is 12.4. The molecule has 0 heterocycles. The van der Waals surface area contributed by atoms with Gasteiger partial charge in [-0.2, -0.15) is 5.26 Å². The van der Waals surface area contributed by atoms with Crippen molar-refractivity contribution in [1.29, 1.82) is 5.26 Å². The molecular formula is C19H18N2O5. The number of aliphatic hydroxyl groups excluding tert-OH is 1. The first kappa shape index (κ1) is 18.7. The number of nitrogens with one attached hydrogen (secondary N) is 1. The molecule has 0 saturated heterocycles. The van der Waals surface area contributed by atoms with Crippen molar-refractivity contribution in [2.75, 3.05) is 26.6 Å². The summed E-state index contributed by atoms with van der Waals surface area (Å²) >= 11 is 0. The first-order chi connectivity index (χ1) is 12.5. The highest BCUT2D eigenvalue weighted by atomic mass is 16.5. The third-order valence-electron chi connectivity index (χ3n) is 3.56. The lowest BCUT2D eigenvalue weighted by Crippen LogP contribution is -2.15. The second-order valence-corrected chi connectivity index (χ2v) is 5.09. The van der Waals surface area contributed by atoms with E-state index < -0.39 is 17.2 Å². The predicted octanol–water partition coefficient (Wildman–Crippen LogP) is 3.14. The minimum Gasteiger partial charge on any atom is -0.506 e. The van der Waals surface area contributed by atoms with Crippen LogP contribution in [0.5, 0.6) is 17.2 Å². The van der Waals surface area contributed by atoms with Crippen LogP contribution in [0.25, 0.3) is 5.76 Å². The third-order valence-corrected chi connectivity index (χ3v) is 3.56. The number of benzene rings is 2. The Bertz CT molecular complexity index is 884. The number of nitrogens with zero attached hydrogens (tertiary/aromatic N) is 1. The molecule has 0 aliphatic heterocycles. The average Bonchev–Trinajstić information content (AvgIpc) is 2.67. The van der Waals surface area contributed by atoms with Gasteiger partial charge in [-0.15, -0.1) is 0 Å². The Kier molecular flexibility index (Phi) is 6.06. The highest BCUT2D eigenvalue weighted by Gasteiger charge is 2.18. The first-order valence-corrected chi connectivity index (χ1v) is 7.55. The van der Waals surface area contributed by atoms with Gasteiger partial charge < -0.3 is 24.6 Å². The second kappa shape index (κ2) is 8.44. The number of anilines is 1. The van der Waals surface area contributed by atoms with Crippen LogP contribution in [0.1, 0.15) is 5.56 Å². The van der Waals surface area contributed by atoms with E-state index in [-0.39, 0.29) is 5.56 Å². The van der Waals surface area contributed by atoms with Gasteiger partial charge in [0, 0.05) is 17.3 Å². The van der Waals surface area contributed by atoms with Gasteiger partial charge >= 0.3 is 0 Å². The summed E-state index contributed by atoms with van der Waals surface area (Å²) < 4.78 is 15.4. The van der Waals surface area contributed by atoms with Crippen LogP contribution in [0, 0.1) is 11.3 Å². The van der Waals surface area contributed by atoms with Crippen LogP contribution in [0.4, 0.5) is 5.69 Å². The van der Waals surface area contributed by atoms with E-state index in [4.69, 9.17) is 14.2 Å². The zero-order chi connectivity index (χ0) is 19.1. The molecule has 0 atom stereocenters. The van der Waals surface area contributed by atoms with Crippen molar-refractivity contribution >= 4 is 17.4 Å². The molecule has 26 heavy (non-hydrogen) atoms. The van der Waals surface area contributed by atoms with E-state index in [1.165, 1.54) is 33.5 Å². The van der Waals surface area contributed by atoms with Gasteiger partial charge in [0.25, 0.3) is 5.91 Å². The van der Waals surface area contributed by atoms with E-state index in [9.17, 15) is 15.2 Å². The maximum Gasteiger partial charge on any atom is 0.270 e. The van der Waals surface area contributed by atoms with Crippen molar-refractivity contribution in [3.8, 4) is 23.3 Å². The Hall–Kier alpha value is -3.66. The average molecular weight is 354 g/mol. The van der Waals surface area contributed by atoms with Crippen LogP contribution in [0.3, 0.4) is 0 Å². The molecule has 134 valence electrons. The highest BCUT2D eigenvalue weighted by Crippen LogP contribution is 2.30. The largest absolute Gasteiger partial charge is 0.506 e. The number of ether oxygens (including phenoxy) is 3. The summed E-state index contributed by atoms with van der Waals surface area (Å²) in [5.74, 6) is 0.168. The number of amides is 1. The topological polar surface area (TPSA) is 101 Å². The molecule has 7 heteroatoms. The molecule has 0 unspecified atom stereocenters. The Morgan fingerprint density at radius 2 is 1.77 bits per heavy atom. The van der Waals surface area contributed by atoms with Crippen LogP contribution < -0.4 is 19.5 Å². The van der Waals surface area contributed by atoms with E-state index >= 15 is 0 Å². The SMILES string of the molecule is COc1cccc(NC(=O)/C(C#N)=C(\O)c2ccc(OC)c(OC)c2)c1. The second-order valence-electron chi connectivity index (χ2n) is 5.09. The number of carbonyl (C=O) groups is 1. The van der Waals surface area contributed by atoms with Gasteiger partial charge in [-0.3, -0.25) is 4.79 Å². The molecule has 0 spiro atoms. The lowest BCUT2D eigenvalue weighted by Gasteiger charge is -2.11. The van der Waals surface area contributed by atoms with Crippen LogP contribution >= 0.6 is 0 Å². The standard InChI is InChI=1S/C19H18N2O5/c1-24-14-6-4-5-13(10-14)21-19(23)15(11-20)18(22)12-7-8-16(25-2)17(9-12)26-3/h4-10,22H,1-3H3,(H,21,23)/b18-15-. The number of hydrogen-bond acceptors (Lipinski definition) is 6. The van der Waals surface area contributed by atoms with Gasteiger partial charge in [0.2, 0.25) is 0 Å². The molecule has 0 fully saturated rings.